The van der Waals surface area contributed by atoms with E-state index < -0.39 is 0 Å². The molecule has 0 saturated carbocycles. The number of hydrogen-bond donors (Lipinski definition) is 1. The lowest BCUT2D eigenvalue weighted by Gasteiger charge is -2.32. The van der Waals surface area contributed by atoms with Crippen LogP contribution in [-0.2, 0) is 16.2 Å². The van der Waals surface area contributed by atoms with E-state index in [1.807, 2.05) is 71.6 Å². The maximum Gasteiger partial charge on any atom is 0.277 e. The Morgan fingerprint density at radius 1 is 0.804 bits per heavy atom. The van der Waals surface area contributed by atoms with Gasteiger partial charge in [-0.05, 0) is 60.5 Å². The van der Waals surface area contributed by atoms with Crippen LogP contribution in [0.15, 0.2) is 103 Å². The molecule has 9 heteroatoms. The van der Waals surface area contributed by atoms with Gasteiger partial charge in [0.1, 0.15) is 12.4 Å². The van der Waals surface area contributed by atoms with E-state index in [9.17, 15) is 14.4 Å². The number of anilines is 1. The largest absolute Gasteiger partial charge is 0.488 e. The van der Waals surface area contributed by atoms with E-state index in [-0.39, 0.29) is 24.3 Å². The molecule has 9 nitrogen and oxygen atoms in total. The van der Waals surface area contributed by atoms with Crippen LogP contribution in [-0.4, -0.2) is 79.5 Å². The molecule has 4 aromatic rings. The zero-order valence-electron chi connectivity index (χ0n) is 26.4. The van der Waals surface area contributed by atoms with Crippen LogP contribution in [0.25, 0.3) is 11.1 Å². The van der Waals surface area contributed by atoms with Gasteiger partial charge in [0.05, 0.1) is 12.2 Å². The van der Waals surface area contributed by atoms with Crippen LogP contribution in [0.3, 0.4) is 0 Å². The summed E-state index contributed by atoms with van der Waals surface area (Å²) in [5.74, 6) is -0.0712. The van der Waals surface area contributed by atoms with E-state index in [1.54, 1.807) is 43.4 Å². The molecule has 1 N–H and O–H groups in total. The van der Waals surface area contributed by atoms with Crippen molar-refractivity contribution in [3.63, 3.8) is 0 Å². The second kappa shape index (κ2) is 15.8. The highest BCUT2D eigenvalue weighted by Gasteiger charge is 2.21. The quantitative estimate of drug-likeness (QED) is 0.160. The van der Waals surface area contributed by atoms with Crippen LogP contribution in [0.2, 0.25) is 0 Å². The number of hydroxylamine groups is 2. The molecule has 3 amide bonds. The molecule has 0 radical (unpaired) electrons. The van der Waals surface area contributed by atoms with E-state index in [1.165, 1.54) is 5.06 Å². The van der Waals surface area contributed by atoms with E-state index in [0.29, 0.717) is 47.6 Å². The SMILES string of the molecule is CN1CCN(C(=O)CCCON(C)C(=O)c2ccc(NC(=O)c3ccccc3OCc3ccccc3)cc2-c2ccccc2)CC1. The fourth-order valence-corrected chi connectivity index (χ4v) is 5.25. The smallest absolute Gasteiger partial charge is 0.277 e. The standard InChI is InChI=1S/C37H40N4O5/c1-39-21-23-41(24-22-39)35(42)18-11-25-46-40(2)37(44)31-20-19-30(26-33(31)29-14-7-4-8-15-29)38-36(43)32-16-9-10-17-34(32)45-27-28-12-5-3-6-13-28/h3-10,12-17,19-20,26H,11,18,21-25,27H2,1-2H3,(H,38,43). The Morgan fingerprint density at radius 3 is 2.22 bits per heavy atom. The molecule has 1 fully saturated rings. The Balaban J connectivity index is 1.24. The van der Waals surface area contributed by atoms with Crippen molar-refractivity contribution in [1.82, 2.24) is 14.9 Å². The number of nitrogens with zero attached hydrogens (tertiary/aromatic N) is 3. The van der Waals surface area contributed by atoms with Crippen LogP contribution in [0, 0.1) is 0 Å². The van der Waals surface area contributed by atoms with Gasteiger partial charge in [-0.3, -0.25) is 19.2 Å². The van der Waals surface area contributed by atoms with Crippen LogP contribution >= 0.6 is 0 Å². The summed E-state index contributed by atoms with van der Waals surface area (Å²) < 4.78 is 5.99. The Kier molecular flexibility index (Phi) is 11.2. The number of hydrogen-bond acceptors (Lipinski definition) is 6. The second-order valence-corrected chi connectivity index (χ2v) is 11.3. The number of piperazine rings is 1. The summed E-state index contributed by atoms with van der Waals surface area (Å²) in [6.45, 7) is 3.80. The van der Waals surface area contributed by atoms with Gasteiger partial charge < -0.3 is 19.9 Å². The average Bonchev–Trinajstić information content (AvgIpc) is 3.10. The molecule has 1 heterocycles. The molecule has 0 aromatic heterocycles. The van der Waals surface area contributed by atoms with E-state index in [4.69, 9.17) is 9.57 Å². The number of ether oxygens (including phenoxy) is 1. The molecule has 0 unspecified atom stereocenters. The number of carbonyl (C=O) groups is 3. The van der Waals surface area contributed by atoms with Crippen LogP contribution in [0.5, 0.6) is 5.75 Å². The van der Waals surface area contributed by atoms with Crippen molar-refractivity contribution in [3.05, 3.63) is 120 Å². The predicted octanol–water partition coefficient (Wildman–Crippen LogP) is 5.74. The molecular weight excluding hydrogens is 580 g/mol. The zero-order valence-corrected chi connectivity index (χ0v) is 26.4. The lowest BCUT2D eigenvalue weighted by molar-refractivity contribution is -0.135. The fraction of sp³-hybridized carbons (Fsp3) is 0.270. The molecule has 46 heavy (non-hydrogen) atoms. The first-order chi connectivity index (χ1) is 22.4. The predicted molar refractivity (Wildman–Crippen MR) is 178 cm³/mol. The van der Waals surface area contributed by atoms with Gasteiger partial charge in [0.15, 0.2) is 0 Å². The van der Waals surface area contributed by atoms with Crippen molar-refractivity contribution in [2.24, 2.45) is 0 Å². The summed E-state index contributed by atoms with van der Waals surface area (Å²) in [5, 5.41) is 4.18. The van der Waals surface area contributed by atoms with Crippen molar-refractivity contribution in [2.75, 3.05) is 52.2 Å². The van der Waals surface area contributed by atoms with E-state index in [2.05, 4.69) is 17.3 Å². The molecule has 1 saturated heterocycles. The highest BCUT2D eigenvalue weighted by atomic mass is 16.7. The topological polar surface area (TPSA) is 91.4 Å². The highest BCUT2D eigenvalue weighted by Crippen LogP contribution is 2.29. The number of rotatable bonds is 12. The molecular formula is C37H40N4O5. The van der Waals surface area contributed by atoms with Gasteiger partial charge >= 0.3 is 0 Å². The molecule has 1 aliphatic rings. The van der Waals surface area contributed by atoms with Gasteiger partial charge in [0.25, 0.3) is 11.8 Å². The van der Waals surface area contributed by atoms with Crippen LogP contribution in [0.1, 0.15) is 39.1 Å². The van der Waals surface area contributed by atoms with E-state index >= 15 is 0 Å². The maximum atomic E-state index is 13.6. The molecule has 0 aliphatic carbocycles. The fourth-order valence-electron chi connectivity index (χ4n) is 5.25. The Labute approximate surface area is 270 Å². The number of benzene rings is 4. The minimum absolute atomic E-state index is 0.111. The highest BCUT2D eigenvalue weighted by molar-refractivity contribution is 6.07. The monoisotopic (exact) mass is 620 g/mol. The van der Waals surface area contributed by atoms with E-state index in [0.717, 1.165) is 37.3 Å². The molecule has 4 aromatic carbocycles. The number of amides is 3. The Bertz CT molecular complexity index is 1620. The maximum absolute atomic E-state index is 13.6. The zero-order chi connectivity index (χ0) is 32.3. The van der Waals surface area contributed by atoms with Crippen molar-refractivity contribution >= 4 is 23.4 Å². The third-order valence-electron chi connectivity index (χ3n) is 7.92. The summed E-state index contributed by atoms with van der Waals surface area (Å²) in [6.07, 6.45) is 0.881. The van der Waals surface area contributed by atoms with Crippen molar-refractivity contribution < 1.29 is 24.0 Å². The Hall–Kier alpha value is -4.99. The first-order valence-corrected chi connectivity index (χ1v) is 15.5. The minimum Gasteiger partial charge on any atom is -0.488 e. The van der Waals surface area contributed by atoms with Gasteiger partial charge in [0, 0.05) is 50.9 Å². The van der Waals surface area contributed by atoms with Crippen molar-refractivity contribution in [2.45, 2.75) is 19.4 Å². The molecule has 238 valence electrons. The molecule has 0 bridgehead atoms. The summed E-state index contributed by atoms with van der Waals surface area (Å²) in [6, 6.07) is 31.6. The third kappa shape index (κ3) is 8.59. The summed E-state index contributed by atoms with van der Waals surface area (Å²) in [5.41, 5.74) is 3.83. The van der Waals surface area contributed by atoms with Gasteiger partial charge in [0.2, 0.25) is 5.91 Å². The molecule has 5 rings (SSSR count). The van der Waals surface area contributed by atoms with Gasteiger partial charge in [-0.15, -0.1) is 0 Å². The average molecular weight is 621 g/mol. The number of likely N-dealkylation sites (N-methyl/N-ethyl adjacent to an activating group) is 1. The normalized spacial score (nSPS) is 13.2. The van der Waals surface area contributed by atoms with Crippen molar-refractivity contribution in [3.8, 4) is 16.9 Å². The van der Waals surface area contributed by atoms with Crippen molar-refractivity contribution in [1.29, 1.82) is 0 Å². The summed E-state index contributed by atoms with van der Waals surface area (Å²) in [4.78, 5) is 49.4. The van der Waals surface area contributed by atoms with Gasteiger partial charge in [-0.25, -0.2) is 5.06 Å². The second-order valence-electron chi connectivity index (χ2n) is 11.3. The third-order valence-corrected chi connectivity index (χ3v) is 7.92. The minimum atomic E-state index is -0.332. The first-order valence-electron chi connectivity index (χ1n) is 15.5. The molecule has 1 aliphatic heterocycles. The lowest BCUT2D eigenvalue weighted by atomic mass is 9.98. The number of carbonyl (C=O) groups excluding carboxylic acids is 3. The molecule has 0 spiro atoms. The molecule has 0 atom stereocenters. The number of para-hydroxylation sites is 1. The number of nitrogens with one attached hydrogen (secondary N) is 1. The lowest BCUT2D eigenvalue weighted by Crippen LogP contribution is -2.47. The first kappa shape index (κ1) is 32.4. The van der Waals surface area contributed by atoms with Gasteiger partial charge in [-0.2, -0.15) is 0 Å². The van der Waals surface area contributed by atoms with Crippen LogP contribution in [0.4, 0.5) is 5.69 Å². The summed E-state index contributed by atoms with van der Waals surface area (Å²) in [7, 11) is 3.63. The van der Waals surface area contributed by atoms with Crippen LogP contribution < -0.4 is 10.1 Å². The van der Waals surface area contributed by atoms with Gasteiger partial charge in [-0.1, -0.05) is 72.8 Å². The summed E-state index contributed by atoms with van der Waals surface area (Å²) >= 11 is 0. The Morgan fingerprint density at radius 2 is 1.48 bits per heavy atom.